The van der Waals surface area contributed by atoms with Crippen LogP contribution in [0.2, 0.25) is 0 Å². The summed E-state index contributed by atoms with van der Waals surface area (Å²) in [6, 6.07) is 2.39. The van der Waals surface area contributed by atoms with Crippen LogP contribution in [0.25, 0.3) is 0 Å². The summed E-state index contributed by atoms with van der Waals surface area (Å²) < 4.78 is 5.26. The van der Waals surface area contributed by atoms with Gasteiger partial charge in [-0.2, -0.15) is 0 Å². The minimum absolute atomic E-state index is 0.0125. The Kier molecular flexibility index (Phi) is 4.27. The minimum Gasteiger partial charge on any atom is -0.361 e. The van der Waals surface area contributed by atoms with Crippen molar-refractivity contribution >= 4 is 5.91 Å². The van der Waals surface area contributed by atoms with Gasteiger partial charge < -0.3 is 9.42 Å². The lowest BCUT2D eigenvalue weighted by molar-refractivity contribution is 0.0500. The summed E-state index contributed by atoms with van der Waals surface area (Å²) in [4.78, 5) is 14.5. The highest BCUT2D eigenvalue weighted by Gasteiger charge is 2.31. The van der Waals surface area contributed by atoms with Gasteiger partial charge >= 0.3 is 0 Å². The van der Waals surface area contributed by atoms with Crippen LogP contribution in [0.15, 0.2) is 10.6 Å². The average Bonchev–Trinajstić information content (AvgIpc) is 2.76. The van der Waals surface area contributed by atoms with Crippen LogP contribution in [0.5, 0.6) is 0 Å². The molecule has 106 valence electrons. The molecule has 0 saturated carbocycles. The van der Waals surface area contributed by atoms with Crippen LogP contribution in [-0.4, -0.2) is 28.0 Å². The molecule has 0 aliphatic carbocycles. The summed E-state index contributed by atoms with van der Waals surface area (Å²) in [6.45, 7) is 8.48. The number of hydrogen-bond acceptors (Lipinski definition) is 3. The standard InChI is InChI=1S/C15H24N2O2/c1-10(2)8-13-9-14(16-19-13)15(18)17-11(3)6-5-7-12(17)4/h9-12H,5-8H2,1-4H3. The maximum absolute atomic E-state index is 12.5. The van der Waals surface area contributed by atoms with Crippen LogP contribution in [0.1, 0.15) is 63.2 Å². The van der Waals surface area contributed by atoms with Crippen LogP contribution < -0.4 is 0 Å². The number of piperidine rings is 1. The van der Waals surface area contributed by atoms with Crippen molar-refractivity contribution in [1.82, 2.24) is 10.1 Å². The van der Waals surface area contributed by atoms with Gasteiger partial charge in [0, 0.05) is 24.6 Å². The number of carbonyl (C=O) groups excluding carboxylic acids is 1. The van der Waals surface area contributed by atoms with E-state index in [0.29, 0.717) is 23.7 Å². The Bertz CT molecular complexity index is 429. The fraction of sp³-hybridized carbons (Fsp3) is 0.733. The van der Waals surface area contributed by atoms with Crippen LogP contribution >= 0.6 is 0 Å². The van der Waals surface area contributed by atoms with Crippen LogP contribution in [0, 0.1) is 5.92 Å². The lowest BCUT2D eigenvalue weighted by atomic mass is 9.97. The SMILES string of the molecule is CC(C)Cc1cc(C(=O)N2C(C)CCCC2C)no1. The average molecular weight is 264 g/mol. The number of carbonyl (C=O) groups is 1. The molecule has 1 aliphatic heterocycles. The van der Waals surface area contributed by atoms with Crippen LogP contribution in [0.3, 0.4) is 0 Å². The van der Waals surface area contributed by atoms with Gasteiger partial charge in [0.25, 0.3) is 5.91 Å². The summed E-state index contributed by atoms with van der Waals surface area (Å²) in [7, 11) is 0. The highest BCUT2D eigenvalue weighted by Crippen LogP contribution is 2.24. The van der Waals surface area contributed by atoms with E-state index in [1.165, 1.54) is 6.42 Å². The summed E-state index contributed by atoms with van der Waals surface area (Å²) in [5.41, 5.74) is 0.455. The van der Waals surface area contributed by atoms with Crippen molar-refractivity contribution in [2.24, 2.45) is 5.92 Å². The number of amides is 1. The molecule has 2 heterocycles. The first-order chi connectivity index (χ1) is 8.99. The van der Waals surface area contributed by atoms with Crippen molar-refractivity contribution in [3.05, 3.63) is 17.5 Å². The monoisotopic (exact) mass is 264 g/mol. The van der Waals surface area contributed by atoms with E-state index in [-0.39, 0.29) is 5.91 Å². The highest BCUT2D eigenvalue weighted by molar-refractivity contribution is 5.92. The molecule has 1 fully saturated rings. The van der Waals surface area contributed by atoms with Gasteiger partial charge in [0.2, 0.25) is 0 Å². The normalized spacial score (nSPS) is 23.9. The fourth-order valence-corrected chi connectivity index (χ4v) is 2.87. The molecule has 1 aromatic rings. The van der Waals surface area contributed by atoms with Crippen molar-refractivity contribution in [1.29, 1.82) is 0 Å². The van der Waals surface area contributed by atoms with Gasteiger partial charge in [-0.3, -0.25) is 4.79 Å². The van der Waals surface area contributed by atoms with Crippen molar-refractivity contribution in [3.8, 4) is 0 Å². The Morgan fingerprint density at radius 3 is 2.63 bits per heavy atom. The molecule has 0 radical (unpaired) electrons. The van der Waals surface area contributed by atoms with Gasteiger partial charge in [-0.15, -0.1) is 0 Å². The topological polar surface area (TPSA) is 46.3 Å². The second kappa shape index (κ2) is 5.76. The van der Waals surface area contributed by atoms with Gasteiger partial charge in [-0.1, -0.05) is 19.0 Å². The van der Waals surface area contributed by atoms with E-state index in [4.69, 9.17) is 4.52 Å². The van der Waals surface area contributed by atoms with Gasteiger partial charge in [-0.05, 0) is 39.0 Å². The summed E-state index contributed by atoms with van der Waals surface area (Å²) in [6.07, 6.45) is 4.18. The highest BCUT2D eigenvalue weighted by atomic mass is 16.5. The number of rotatable bonds is 3. The third-order valence-electron chi connectivity index (χ3n) is 3.82. The first-order valence-electron chi connectivity index (χ1n) is 7.27. The molecular weight excluding hydrogens is 240 g/mol. The molecule has 4 heteroatoms. The largest absolute Gasteiger partial charge is 0.361 e. The van der Waals surface area contributed by atoms with Crippen LogP contribution in [0.4, 0.5) is 0 Å². The molecule has 2 rings (SSSR count). The third kappa shape index (κ3) is 3.17. The van der Waals surface area contributed by atoms with Gasteiger partial charge in [0.1, 0.15) is 5.76 Å². The zero-order valence-corrected chi connectivity index (χ0v) is 12.3. The molecular formula is C15H24N2O2. The minimum atomic E-state index is 0.0125. The van der Waals surface area contributed by atoms with Gasteiger partial charge in [0.05, 0.1) is 0 Å². The Morgan fingerprint density at radius 1 is 1.42 bits per heavy atom. The zero-order chi connectivity index (χ0) is 14.0. The van der Waals surface area contributed by atoms with E-state index in [0.717, 1.165) is 25.0 Å². The molecule has 2 atom stereocenters. The van der Waals surface area contributed by atoms with Crippen LogP contribution in [-0.2, 0) is 6.42 Å². The van der Waals surface area contributed by atoms with E-state index in [1.54, 1.807) is 6.07 Å². The zero-order valence-electron chi connectivity index (χ0n) is 12.3. The lowest BCUT2D eigenvalue weighted by Crippen LogP contribution is -2.47. The van der Waals surface area contributed by atoms with E-state index in [9.17, 15) is 4.79 Å². The first-order valence-corrected chi connectivity index (χ1v) is 7.27. The molecule has 1 aromatic heterocycles. The molecule has 19 heavy (non-hydrogen) atoms. The summed E-state index contributed by atoms with van der Waals surface area (Å²) >= 11 is 0. The maximum atomic E-state index is 12.5. The second-order valence-corrected chi connectivity index (χ2v) is 6.12. The lowest BCUT2D eigenvalue weighted by Gasteiger charge is -2.38. The number of nitrogens with zero attached hydrogens (tertiary/aromatic N) is 2. The second-order valence-electron chi connectivity index (χ2n) is 6.12. The Morgan fingerprint density at radius 2 is 2.05 bits per heavy atom. The smallest absolute Gasteiger partial charge is 0.276 e. The van der Waals surface area contributed by atoms with Crippen molar-refractivity contribution in [3.63, 3.8) is 0 Å². The van der Waals surface area contributed by atoms with Gasteiger partial charge in [-0.25, -0.2) is 0 Å². The molecule has 4 nitrogen and oxygen atoms in total. The Balaban J connectivity index is 2.12. The molecule has 2 unspecified atom stereocenters. The predicted molar refractivity (Wildman–Crippen MR) is 74.0 cm³/mol. The molecule has 0 spiro atoms. The third-order valence-corrected chi connectivity index (χ3v) is 3.82. The summed E-state index contributed by atoms with van der Waals surface area (Å²) in [5, 5.41) is 3.95. The first kappa shape index (κ1) is 14.1. The quantitative estimate of drug-likeness (QED) is 0.841. The van der Waals surface area contributed by atoms with Crippen molar-refractivity contribution < 1.29 is 9.32 Å². The predicted octanol–water partition coefficient (Wildman–Crippen LogP) is 3.28. The summed E-state index contributed by atoms with van der Waals surface area (Å²) in [5.74, 6) is 1.32. The maximum Gasteiger partial charge on any atom is 0.276 e. The molecule has 1 saturated heterocycles. The fourth-order valence-electron chi connectivity index (χ4n) is 2.87. The van der Waals surface area contributed by atoms with E-state index < -0.39 is 0 Å². The number of likely N-dealkylation sites (tertiary alicyclic amines) is 1. The Labute approximate surface area is 115 Å². The molecule has 1 aliphatic rings. The van der Waals surface area contributed by atoms with E-state index >= 15 is 0 Å². The molecule has 0 N–H and O–H groups in total. The molecule has 0 aromatic carbocycles. The molecule has 1 amide bonds. The number of aromatic nitrogens is 1. The molecule has 0 bridgehead atoms. The van der Waals surface area contributed by atoms with Crippen molar-refractivity contribution in [2.45, 2.75) is 65.5 Å². The van der Waals surface area contributed by atoms with Gasteiger partial charge in [0.15, 0.2) is 5.69 Å². The Hall–Kier alpha value is -1.32. The van der Waals surface area contributed by atoms with Crippen molar-refractivity contribution in [2.75, 3.05) is 0 Å². The van der Waals surface area contributed by atoms with E-state index in [1.807, 2.05) is 4.90 Å². The van der Waals surface area contributed by atoms with E-state index in [2.05, 4.69) is 32.9 Å². The number of hydrogen-bond donors (Lipinski definition) is 0.